The van der Waals surface area contributed by atoms with Crippen LogP contribution in [0.2, 0.25) is 0 Å². The molecule has 0 bridgehead atoms. The van der Waals surface area contributed by atoms with Crippen molar-refractivity contribution < 1.29 is 13.6 Å². The number of nitriles is 1. The molecule has 0 spiro atoms. The number of ether oxygens (including phenoxy) is 1. The Balaban J connectivity index is 1.74. The van der Waals surface area contributed by atoms with E-state index >= 15 is 0 Å². The second kappa shape index (κ2) is 7.20. The van der Waals surface area contributed by atoms with Gasteiger partial charge in [-0.05, 0) is 35.9 Å². The molecule has 0 unspecified atom stereocenters. The number of anilines is 1. The highest BCUT2D eigenvalue weighted by atomic mass is 16.5. The third-order valence-corrected chi connectivity index (χ3v) is 3.27. The Hall–Kier alpha value is -3.46. The molecule has 0 fully saturated rings. The molecule has 3 aromatic rings. The molecule has 0 atom stereocenters. The summed E-state index contributed by atoms with van der Waals surface area (Å²) in [5.74, 6) is 2.17. The average molecular weight is 321 g/mol. The Labute approximate surface area is 139 Å². The number of nitrogens with one attached hydrogen (secondary N) is 1. The first-order valence-electron chi connectivity index (χ1n) is 7.28. The topological polar surface area (TPSA) is 84.2 Å². The Morgan fingerprint density at radius 1 is 1.29 bits per heavy atom. The monoisotopic (exact) mass is 321 g/mol. The van der Waals surface area contributed by atoms with Crippen LogP contribution in [0.4, 0.5) is 5.88 Å². The maximum Gasteiger partial charge on any atom is 0.232 e. The lowest BCUT2D eigenvalue weighted by molar-refractivity contribution is 0.414. The van der Waals surface area contributed by atoms with Crippen LogP contribution < -0.4 is 10.1 Å². The van der Waals surface area contributed by atoms with Gasteiger partial charge in [0, 0.05) is 6.08 Å². The fraction of sp³-hybridized carbons (Fsp3) is 0.111. The molecule has 3 rings (SSSR count). The van der Waals surface area contributed by atoms with Crippen molar-refractivity contribution in [3.63, 3.8) is 0 Å². The zero-order valence-electron chi connectivity index (χ0n) is 13.0. The van der Waals surface area contributed by atoms with Gasteiger partial charge in [-0.25, -0.2) is 0 Å². The Morgan fingerprint density at radius 2 is 2.21 bits per heavy atom. The van der Waals surface area contributed by atoms with E-state index in [9.17, 15) is 0 Å². The lowest BCUT2D eigenvalue weighted by atomic mass is 10.2. The van der Waals surface area contributed by atoms with E-state index in [4.69, 9.17) is 18.8 Å². The molecule has 120 valence electrons. The first kappa shape index (κ1) is 15.4. The summed E-state index contributed by atoms with van der Waals surface area (Å²) in [7, 11) is 1.62. The summed E-state index contributed by atoms with van der Waals surface area (Å²) in [6.07, 6.45) is 5.13. The molecule has 1 N–H and O–H groups in total. The van der Waals surface area contributed by atoms with E-state index in [0.717, 1.165) is 17.1 Å². The van der Waals surface area contributed by atoms with Crippen LogP contribution >= 0.6 is 0 Å². The minimum absolute atomic E-state index is 0.201. The molecule has 0 amide bonds. The second-order valence-electron chi connectivity index (χ2n) is 4.88. The predicted octanol–water partition coefficient (Wildman–Crippen LogP) is 3.93. The van der Waals surface area contributed by atoms with E-state index in [1.54, 1.807) is 25.5 Å². The van der Waals surface area contributed by atoms with Crippen LogP contribution in [0.15, 0.2) is 51.5 Å². The molecule has 6 nitrogen and oxygen atoms in total. The van der Waals surface area contributed by atoms with Gasteiger partial charge >= 0.3 is 0 Å². The minimum atomic E-state index is 0.201. The Kier molecular flexibility index (Phi) is 4.63. The number of aromatic nitrogens is 1. The summed E-state index contributed by atoms with van der Waals surface area (Å²) in [6.45, 7) is 0.413. The summed E-state index contributed by atoms with van der Waals surface area (Å²) in [5, 5.41) is 12.2. The Morgan fingerprint density at radius 3 is 2.96 bits per heavy atom. The molecule has 0 aliphatic rings. The zero-order valence-corrected chi connectivity index (χ0v) is 13.0. The van der Waals surface area contributed by atoms with E-state index in [1.807, 2.05) is 42.5 Å². The van der Waals surface area contributed by atoms with Crippen molar-refractivity contribution >= 4 is 18.0 Å². The number of hydrogen-bond donors (Lipinski definition) is 1. The van der Waals surface area contributed by atoms with Crippen molar-refractivity contribution in [3.8, 4) is 11.8 Å². The fourth-order valence-corrected chi connectivity index (χ4v) is 2.10. The molecule has 0 radical (unpaired) electrons. The highest BCUT2D eigenvalue weighted by Gasteiger charge is 2.11. The molecular formula is C18H15N3O3. The number of furan rings is 1. The van der Waals surface area contributed by atoms with Gasteiger partial charge in [0.05, 0.1) is 19.9 Å². The summed E-state index contributed by atoms with van der Waals surface area (Å²) in [5.41, 5.74) is 1.14. The summed E-state index contributed by atoms with van der Waals surface area (Å²) >= 11 is 0. The first-order valence-corrected chi connectivity index (χ1v) is 7.28. The van der Waals surface area contributed by atoms with E-state index in [-0.39, 0.29) is 5.69 Å². The predicted molar refractivity (Wildman–Crippen MR) is 89.2 cm³/mol. The van der Waals surface area contributed by atoms with Gasteiger partial charge in [0.2, 0.25) is 17.5 Å². The van der Waals surface area contributed by atoms with Gasteiger partial charge in [-0.1, -0.05) is 12.1 Å². The maximum absolute atomic E-state index is 9.17. The fourth-order valence-electron chi connectivity index (χ4n) is 2.10. The normalized spacial score (nSPS) is 10.7. The first-order chi connectivity index (χ1) is 11.8. The van der Waals surface area contributed by atoms with E-state index in [2.05, 4.69) is 10.3 Å². The standard InChI is InChI=1S/C18H15N3O3/c1-22-14-5-2-4-13(10-14)7-8-17-21-16(11-19)18(24-17)20-12-15-6-3-9-23-15/h2-10,20H,12H2,1H3. The van der Waals surface area contributed by atoms with Crippen molar-refractivity contribution in [1.29, 1.82) is 5.26 Å². The van der Waals surface area contributed by atoms with Crippen molar-refractivity contribution in [2.45, 2.75) is 6.54 Å². The van der Waals surface area contributed by atoms with E-state index in [0.29, 0.717) is 18.3 Å². The number of oxazole rings is 1. The molecule has 2 aromatic heterocycles. The summed E-state index contributed by atoms with van der Waals surface area (Å²) in [4.78, 5) is 4.15. The second-order valence-corrected chi connectivity index (χ2v) is 4.88. The SMILES string of the molecule is COc1cccc(C=Cc2nc(C#N)c(NCc3ccco3)o2)c1. The molecule has 1 aromatic carbocycles. The zero-order chi connectivity index (χ0) is 16.8. The highest BCUT2D eigenvalue weighted by molar-refractivity contribution is 5.67. The van der Waals surface area contributed by atoms with Gasteiger partial charge in [-0.3, -0.25) is 0 Å². The Bertz CT molecular complexity index is 873. The number of benzene rings is 1. The van der Waals surface area contributed by atoms with Gasteiger partial charge in [-0.2, -0.15) is 10.2 Å². The molecular weight excluding hydrogens is 306 g/mol. The lowest BCUT2D eigenvalue weighted by Crippen LogP contribution is -1.98. The van der Waals surface area contributed by atoms with Gasteiger partial charge in [-0.15, -0.1) is 0 Å². The maximum atomic E-state index is 9.17. The highest BCUT2D eigenvalue weighted by Crippen LogP contribution is 2.20. The van der Waals surface area contributed by atoms with Gasteiger partial charge in [0.1, 0.15) is 17.6 Å². The lowest BCUT2D eigenvalue weighted by Gasteiger charge is -1.99. The smallest absolute Gasteiger partial charge is 0.232 e. The van der Waals surface area contributed by atoms with E-state index < -0.39 is 0 Å². The molecule has 0 aliphatic heterocycles. The van der Waals surface area contributed by atoms with Crippen LogP contribution in [-0.4, -0.2) is 12.1 Å². The van der Waals surface area contributed by atoms with Gasteiger partial charge in [0.25, 0.3) is 0 Å². The third-order valence-electron chi connectivity index (χ3n) is 3.27. The van der Waals surface area contributed by atoms with Crippen LogP contribution in [0, 0.1) is 11.3 Å². The number of rotatable bonds is 6. The van der Waals surface area contributed by atoms with Crippen LogP contribution in [0.3, 0.4) is 0 Å². The molecule has 0 saturated heterocycles. The molecule has 2 heterocycles. The van der Waals surface area contributed by atoms with Crippen LogP contribution in [0.25, 0.3) is 12.2 Å². The summed E-state index contributed by atoms with van der Waals surface area (Å²) < 4.78 is 16.0. The van der Waals surface area contributed by atoms with Crippen molar-refractivity contribution in [3.05, 3.63) is 65.6 Å². The molecule has 24 heavy (non-hydrogen) atoms. The van der Waals surface area contributed by atoms with Gasteiger partial charge < -0.3 is 18.9 Å². The van der Waals surface area contributed by atoms with Crippen molar-refractivity contribution in [2.24, 2.45) is 0 Å². The van der Waals surface area contributed by atoms with Crippen LogP contribution in [0.5, 0.6) is 5.75 Å². The minimum Gasteiger partial charge on any atom is -0.497 e. The van der Waals surface area contributed by atoms with Crippen molar-refractivity contribution in [2.75, 3.05) is 12.4 Å². The van der Waals surface area contributed by atoms with Crippen molar-refractivity contribution in [1.82, 2.24) is 4.98 Å². The molecule has 0 saturated carbocycles. The largest absolute Gasteiger partial charge is 0.497 e. The van der Waals surface area contributed by atoms with Gasteiger partial charge in [0.15, 0.2) is 0 Å². The average Bonchev–Trinajstić information content (AvgIpc) is 3.27. The van der Waals surface area contributed by atoms with E-state index in [1.165, 1.54) is 0 Å². The molecule has 6 heteroatoms. The van der Waals surface area contributed by atoms with Crippen LogP contribution in [-0.2, 0) is 6.54 Å². The summed E-state index contributed by atoms with van der Waals surface area (Å²) in [6, 6.07) is 13.2. The third kappa shape index (κ3) is 3.65. The van der Waals surface area contributed by atoms with Crippen LogP contribution in [0.1, 0.15) is 22.9 Å². The number of nitrogens with zero attached hydrogens (tertiary/aromatic N) is 2. The molecule has 0 aliphatic carbocycles. The number of methoxy groups -OCH3 is 1. The quantitative estimate of drug-likeness (QED) is 0.740. The number of hydrogen-bond acceptors (Lipinski definition) is 6.